The molecule has 1 aromatic rings. The van der Waals surface area contributed by atoms with Crippen LogP contribution in [0.3, 0.4) is 0 Å². The molecule has 0 spiro atoms. The molecule has 1 aromatic heterocycles. The van der Waals surface area contributed by atoms with Gasteiger partial charge in [-0.15, -0.1) is 11.3 Å². The predicted molar refractivity (Wildman–Crippen MR) is 80.9 cm³/mol. The number of carbonyl (C=O) groups excluding carboxylic acids is 1. The fourth-order valence-corrected chi connectivity index (χ4v) is 3.34. The molecule has 4 heteroatoms. The monoisotopic (exact) mass is 283 g/mol. The zero-order valence-corrected chi connectivity index (χ0v) is 13.0. The highest BCUT2D eigenvalue weighted by atomic mass is 32.1. The van der Waals surface area contributed by atoms with Crippen molar-refractivity contribution in [3.8, 4) is 0 Å². The number of carbonyl (C=O) groups is 1. The van der Waals surface area contributed by atoms with E-state index in [1.165, 1.54) is 10.4 Å². The summed E-state index contributed by atoms with van der Waals surface area (Å²) < 4.78 is 0. The third kappa shape index (κ3) is 4.96. The maximum atomic E-state index is 12.1. The van der Waals surface area contributed by atoms with E-state index in [1.807, 2.05) is 13.0 Å². The molecule has 0 saturated heterocycles. The van der Waals surface area contributed by atoms with Gasteiger partial charge in [-0.25, -0.2) is 0 Å². The minimum atomic E-state index is 0.0208. The first-order valence-electron chi connectivity index (χ1n) is 7.15. The van der Waals surface area contributed by atoms with Crippen molar-refractivity contribution >= 4 is 17.2 Å². The van der Waals surface area contributed by atoms with Gasteiger partial charge >= 0.3 is 0 Å². The number of amides is 1. The topological polar surface area (TPSA) is 49.3 Å². The summed E-state index contributed by atoms with van der Waals surface area (Å²) in [6, 6.07) is 2.14. The van der Waals surface area contributed by atoms with Crippen molar-refractivity contribution < 1.29 is 9.90 Å². The van der Waals surface area contributed by atoms with Gasteiger partial charge in [0, 0.05) is 17.5 Å². The van der Waals surface area contributed by atoms with Crippen molar-refractivity contribution in [1.29, 1.82) is 0 Å². The number of aryl methyl sites for hydroxylation is 2. The van der Waals surface area contributed by atoms with E-state index < -0.39 is 0 Å². The Labute approximate surface area is 120 Å². The maximum Gasteiger partial charge on any atom is 0.261 e. The summed E-state index contributed by atoms with van der Waals surface area (Å²) in [5, 5.41) is 11.8. The molecule has 1 atom stereocenters. The lowest BCUT2D eigenvalue weighted by Crippen LogP contribution is -2.32. The molecule has 3 nitrogen and oxygen atoms in total. The lowest BCUT2D eigenvalue weighted by Gasteiger charge is -2.11. The van der Waals surface area contributed by atoms with Crippen molar-refractivity contribution in [2.45, 2.75) is 58.9 Å². The largest absolute Gasteiger partial charge is 0.396 e. The molecule has 0 fully saturated rings. The summed E-state index contributed by atoms with van der Waals surface area (Å²) in [6.07, 6.45) is 4.70. The SMILES string of the molecule is CCCc1sc(C(=O)NC(C)CCCO)cc1CC. The maximum absolute atomic E-state index is 12.1. The van der Waals surface area contributed by atoms with E-state index in [2.05, 4.69) is 19.2 Å². The molecule has 2 N–H and O–H groups in total. The van der Waals surface area contributed by atoms with Gasteiger partial charge in [0.1, 0.15) is 0 Å². The molecule has 0 aliphatic heterocycles. The quantitative estimate of drug-likeness (QED) is 0.770. The van der Waals surface area contributed by atoms with Gasteiger partial charge in [-0.1, -0.05) is 20.3 Å². The van der Waals surface area contributed by atoms with E-state index >= 15 is 0 Å². The Hall–Kier alpha value is -0.870. The summed E-state index contributed by atoms with van der Waals surface area (Å²) in [4.78, 5) is 14.3. The number of hydrogen-bond acceptors (Lipinski definition) is 3. The number of thiophene rings is 1. The summed E-state index contributed by atoms with van der Waals surface area (Å²) in [6.45, 7) is 6.46. The van der Waals surface area contributed by atoms with E-state index in [0.717, 1.165) is 37.0 Å². The molecule has 1 rings (SSSR count). The molecule has 1 amide bonds. The fourth-order valence-electron chi connectivity index (χ4n) is 2.08. The number of aliphatic hydroxyl groups is 1. The first-order chi connectivity index (χ1) is 9.12. The van der Waals surface area contributed by atoms with Gasteiger partial charge in [0.25, 0.3) is 5.91 Å². The summed E-state index contributed by atoms with van der Waals surface area (Å²) in [7, 11) is 0. The molecule has 19 heavy (non-hydrogen) atoms. The standard InChI is InChI=1S/C15H25NO2S/c1-4-7-13-12(5-2)10-14(19-13)15(18)16-11(3)8-6-9-17/h10-11,17H,4-9H2,1-3H3,(H,16,18). The van der Waals surface area contributed by atoms with Gasteiger partial charge in [-0.3, -0.25) is 4.79 Å². The van der Waals surface area contributed by atoms with E-state index in [-0.39, 0.29) is 18.6 Å². The molecule has 1 unspecified atom stereocenters. The normalized spacial score (nSPS) is 12.4. The van der Waals surface area contributed by atoms with E-state index in [0.29, 0.717) is 0 Å². The second-order valence-electron chi connectivity index (χ2n) is 4.90. The molecule has 0 saturated carbocycles. The van der Waals surface area contributed by atoms with Crippen LogP contribution in [0.5, 0.6) is 0 Å². The molecular weight excluding hydrogens is 258 g/mol. The summed E-state index contributed by atoms with van der Waals surface area (Å²) in [5.41, 5.74) is 1.31. The molecule has 108 valence electrons. The number of nitrogens with one attached hydrogen (secondary N) is 1. The van der Waals surface area contributed by atoms with Gasteiger partial charge in [-0.2, -0.15) is 0 Å². The average molecular weight is 283 g/mol. The van der Waals surface area contributed by atoms with E-state index in [9.17, 15) is 4.79 Å². The number of rotatable bonds is 8. The van der Waals surface area contributed by atoms with Crippen LogP contribution in [-0.4, -0.2) is 23.7 Å². The van der Waals surface area contributed by atoms with Gasteiger partial charge in [-0.05, 0) is 44.2 Å². The van der Waals surface area contributed by atoms with E-state index in [1.54, 1.807) is 11.3 Å². The Kier molecular flexibility index (Phi) is 7.10. The Bertz CT molecular complexity index is 401. The average Bonchev–Trinajstić information content (AvgIpc) is 2.80. The predicted octanol–water partition coefficient (Wildman–Crippen LogP) is 3.15. The molecule has 1 heterocycles. The minimum Gasteiger partial charge on any atom is -0.396 e. The second-order valence-corrected chi connectivity index (χ2v) is 6.04. The van der Waals surface area contributed by atoms with Gasteiger partial charge in [0.05, 0.1) is 4.88 Å². The van der Waals surface area contributed by atoms with Crippen LogP contribution in [0.2, 0.25) is 0 Å². The lowest BCUT2D eigenvalue weighted by atomic mass is 10.1. The number of aliphatic hydroxyl groups excluding tert-OH is 1. The van der Waals surface area contributed by atoms with E-state index in [4.69, 9.17) is 5.11 Å². The van der Waals surface area contributed by atoms with Gasteiger partial charge in [0.2, 0.25) is 0 Å². The van der Waals surface area contributed by atoms with Crippen molar-refractivity contribution in [3.05, 3.63) is 21.4 Å². The van der Waals surface area contributed by atoms with Crippen LogP contribution < -0.4 is 5.32 Å². The van der Waals surface area contributed by atoms with Crippen molar-refractivity contribution in [2.75, 3.05) is 6.61 Å². The van der Waals surface area contributed by atoms with Crippen LogP contribution in [-0.2, 0) is 12.8 Å². The highest BCUT2D eigenvalue weighted by molar-refractivity contribution is 7.14. The Morgan fingerprint density at radius 2 is 2.21 bits per heavy atom. The highest BCUT2D eigenvalue weighted by Crippen LogP contribution is 2.24. The Morgan fingerprint density at radius 3 is 2.79 bits per heavy atom. The number of hydrogen-bond donors (Lipinski definition) is 2. The van der Waals surface area contributed by atoms with Crippen molar-refractivity contribution in [2.24, 2.45) is 0 Å². The third-order valence-corrected chi connectivity index (χ3v) is 4.39. The smallest absolute Gasteiger partial charge is 0.261 e. The zero-order valence-electron chi connectivity index (χ0n) is 12.2. The van der Waals surface area contributed by atoms with Crippen LogP contribution in [0.15, 0.2) is 6.07 Å². The van der Waals surface area contributed by atoms with Crippen LogP contribution in [0.25, 0.3) is 0 Å². The Morgan fingerprint density at radius 1 is 1.47 bits per heavy atom. The molecule has 0 aliphatic rings. The molecular formula is C15H25NO2S. The lowest BCUT2D eigenvalue weighted by molar-refractivity contribution is 0.0940. The first-order valence-corrected chi connectivity index (χ1v) is 7.97. The second kappa shape index (κ2) is 8.33. The first kappa shape index (κ1) is 16.2. The van der Waals surface area contributed by atoms with Gasteiger partial charge < -0.3 is 10.4 Å². The summed E-state index contributed by atoms with van der Waals surface area (Å²) >= 11 is 1.62. The van der Waals surface area contributed by atoms with Crippen LogP contribution >= 0.6 is 11.3 Å². The summed E-state index contributed by atoms with van der Waals surface area (Å²) in [5.74, 6) is 0.0208. The van der Waals surface area contributed by atoms with Gasteiger partial charge in [0.15, 0.2) is 0 Å². The van der Waals surface area contributed by atoms with Crippen LogP contribution in [0.4, 0.5) is 0 Å². The Balaban J connectivity index is 2.66. The zero-order chi connectivity index (χ0) is 14.3. The molecule has 0 radical (unpaired) electrons. The van der Waals surface area contributed by atoms with Crippen LogP contribution in [0, 0.1) is 0 Å². The van der Waals surface area contributed by atoms with Crippen molar-refractivity contribution in [3.63, 3.8) is 0 Å². The fraction of sp³-hybridized carbons (Fsp3) is 0.667. The third-order valence-electron chi connectivity index (χ3n) is 3.15. The molecule has 0 aliphatic carbocycles. The van der Waals surface area contributed by atoms with Crippen molar-refractivity contribution in [1.82, 2.24) is 5.32 Å². The molecule has 0 aromatic carbocycles. The highest BCUT2D eigenvalue weighted by Gasteiger charge is 2.15. The van der Waals surface area contributed by atoms with Crippen LogP contribution in [0.1, 0.15) is 60.1 Å². The minimum absolute atomic E-state index is 0.0208. The molecule has 0 bridgehead atoms.